The molecule has 1 atom stereocenters. The number of benzene rings is 1. The highest BCUT2D eigenvalue weighted by atomic mass is 35.5. The Labute approximate surface area is 166 Å². The molecule has 8 heteroatoms. The smallest absolute Gasteiger partial charge is 0.359 e. The number of nitrogens with one attached hydrogen (secondary N) is 1. The van der Waals surface area contributed by atoms with Gasteiger partial charge >= 0.3 is 5.97 Å². The van der Waals surface area contributed by atoms with Crippen molar-refractivity contribution in [3.05, 3.63) is 61.8 Å². The maximum absolute atomic E-state index is 12.0. The molecular formula is C18H17Cl3N2O3. The second-order valence-corrected chi connectivity index (χ2v) is 6.95. The van der Waals surface area contributed by atoms with Crippen LogP contribution < -0.4 is 5.32 Å². The molecule has 0 spiro atoms. The Balaban J connectivity index is 1.95. The molecule has 2 rings (SSSR count). The van der Waals surface area contributed by atoms with Crippen molar-refractivity contribution in [1.82, 2.24) is 10.3 Å². The number of amides is 1. The molecule has 0 fully saturated rings. The summed E-state index contributed by atoms with van der Waals surface area (Å²) in [6.07, 6.45) is 1.19. The summed E-state index contributed by atoms with van der Waals surface area (Å²) in [6, 6.07) is 5.71. The molecule has 0 saturated carbocycles. The normalized spacial score (nSPS) is 11.8. The van der Waals surface area contributed by atoms with Crippen LogP contribution in [0, 0.1) is 13.8 Å². The molecule has 0 radical (unpaired) electrons. The predicted octanol–water partition coefficient (Wildman–Crippen LogP) is 4.69. The van der Waals surface area contributed by atoms with Gasteiger partial charge in [-0.3, -0.25) is 4.79 Å². The van der Waals surface area contributed by atoms with Crippen LogP contribution in [0.25, 0.3) is 0 Å². The van der Waals surface area contributed by atoms with E-state index in [2.05, 4.69) is 10.3 Å². The second-order valence-electron chi connectivity index (χ2n) is 5.79. The quantitative estimate of drug-likeness (QED) is 0.719. The summed E-state index contributed by atoms with van der Waals surface area (Å²) in [7, 11) is 0. The molecular weight excluding hydrogens is 399 g/mol. The number of rotatable bonds is 5. The SMILES string of the molecule is Cc1ccc([C@H](C)NC(=O)COC(=O)c2ncc(Cl)c(Cl)c2Cl)cc1C. The largest absolute Gasteiger partial charge is 0.451 e. The van der Waals surface area contributed by atoms with Gasteiger partial charge < -0.3 is 10.1 Å². The summed E-state index contributed by atoms with van der Waals surface area (Å²) >= 11 is 17.5. The van der Waals surface area contributed by atoms with E-state index in [0.29, 0.717) is 0 Å². The van der Waals surface area contributed by atoms with Gasteiger partial charge in [0.1, 0.15) is 0 Å². The molecule has 0 unspecified atom stereocenters. The maximum Gasteiger partial charge on any atom is 0.359 e. The third-order valence-electron chi connectivity index (χ3n) is 3.85. The van der Waals surface area contributed by atoms with Gasteiger partial charge in [0.15, 0.2) is 12.3 Å². The van der Waals surface area contributed by atoms with E-state index in [0.717, 1.165) is 11.1 Å². The van der Waals surface area contributed by atoms with Crippen molar-refractivity contribution in [1.29, 1.82) is 0 Å². The fraction of sp³-hybridized carbons (Fsp3) is 0.278. The number of carbonyl (C=O) groups excluding carboxylic acids is 2. The van der Waals surface area contributed by atoms with Crippen molar-refractivity contribution in [3.8, 4) is 0 Å². The molecule has 1 aromatic carbocycles. The summed E-state index contributed by atoms with van der Waals surface area (Å²) in [5.41, 5.74) is 3.07. The number of hydrogen-bond donors (Lipinski definition) is 1. The highest BCUT2D eigenvalue weighted by Gasteiger charge is 2.20. The number of carbonyl (C=O) groups is 2. The number of esters is 1. The van der Waals surface area contributed by atoms with E-state index >= 15 is 0 Å². The maximum atomic E-state index is 12.0. The summed E-state index contributed by atoms with van der Waals surface area (Å²) in [4.78, 5) is 27.8. The minimum atomic E-state index is -0.859. The second kappa shape index (κ2) is 8.71. The zero-order chi connectivity index (χ0) is 19.4. The summed E-state index contributed by atoms with van der Waals surface area (Å²) < 4.78 is 4.95. The Hall–Kier alpha value is -1.82. The number of aromatic nitrogens is 1. The Morgan fingerprint density at radius 1 is 1.15 bits per heavy atom. The molecule has 26 heavy (non-hydrogen) atoms. The van der Waals surface area contributed by atoms with Crippen molar-refractivity contribution in [2.75, 3.05) is 6.61 Å². The Morgan fingerprint density at radius 3 is 2.50 bits per heavy atom. The molecule has 138 valence electrons. The minimum absolute atomic E-state index is 0.00287. The van der Waals surface area contributed by atoms with Gasteiger partial charge in [-0.15, -0.1) is 0 Å². The number of nitrogens with zero attached hydrogens (tertiary/aromatic N) is 1. The van der Waals surface area contributed by atoms with Crippen LogP contribution in [0.2, 0.25) is 15.1 Å². The van der Waals surface area contributed by atoms with E-state index in [9.17, 15) is 9.59 Å². The van der Waals surface area contributed by atoms with Crippen LogP contribution in [0.3, 0.4) is 0 Å². The highest BCUT2D eigenvalue weighted by Crippen LogP contribution is 2.31. The van der Waals surface area contributed by atoms with E-state index in [4.69, 9.17) is 39.5 Å². The van der Waals surface area contributed by atoms with E-state index < -0.39 is 18.5 Å². The highest BCUT2D eigenvalue weighted by molar-refractivity contribution is 6.48. The van der Waals surface area contributed by atoms with E-state index in [1.807, 2.05) is 39.0 Å². The van der Waals surface area contributed by atoms with Crippen LogP contribution in [-0.2, 0) is 9.53 Å². The molecule has 0 aliphatic heterocycles. The first kappa shape index (κ1) is 20.5. The molecule has 0 aliphatic rings. The first-order chi connectivity index (χ1) is 12.2. The molecule has 0 bridgehead atoms. The van der Waals surface area contributed by atoms with Crippen molar-refractivity contribution in [2.45, 2.75) is 26.8 Å². The molecule has 1 aromatic heterocycles. The summed E-state index contributed by atoms with van der Waals surface area (Å²) in [5.74, 6) is -1.30. The van der Waals surface area contributed by atoms with Crippen molar-refractivity contribution >= 4 is 46.7 Å². The van der Waals surface area contributed by atoms with Gasteiger partial charge in [-0.05, 0) is 37.5 Å². The monoisotopic (exact) mass is 414 g/mol. The Bertz CT molecular complexity index is 856. The van der Waals surface area contributed by atoms with Crippen LogP contribution in [0.4, 0.5) is 0 Å². The van der Waals surface area contributed by atoms with Crippen LogP contribution in [0.5, 0.6) is 0 Å². The van der Waals surface area contributed by atoms with Gasteiger partial charge in [-0.1, -0.05) is 53.0 Å². The average Bonchev–Trinajstić information content (AvgIpc) is 2.60. The molecule has 0 saturated heterocycles. The van der Waals surface area contributed by atoms with Crippen LogP contribution in [-0.4, -0.2) is 23.5 Å². The standard InChI is InChI=1S/C18H17Cl3N2O3/c1-9-4-5-12(6-10(9)2)11(3)23-14(24)8-26-18(25)17-16(21)15(20)13(19)7-22-17/h4-7,11H,8H2,1-3H3,(H,23,24)/t11-/m0/s1. The number of aryl methyl sites for hydroxylation is 2. The lowest BCUT2D eigenvalue weighted by Crippen LogP contribution is -2.31. The Kier molecular flexibility index (Phi) is 6.87. The van der Waals surface area contributed by atoms with Gasteiger partial charge in [0.25, 0.3) is 5.91 Å². The number of ether oxygens (including phenoxy) is 1. The van der Waals surface area contributed by atoms with Gasteiger partial charge in [0, 0.05) is 6.20 Å². The first-order valence-electron chi connectivity index (χ1n) is 7.73. The molecule has 2 aromatic rings. The van der Waals surface area contributed by atoms with E-state index in [1.165, 1.54) is 11.8 Å². The summed E-state index contributed by atoms with van der Waals surface area (Å²) in [6.45, 7) is 5.40. The zero-order valence-electron chi connectivity index (χ0n) is 14.4. The lowest BCUT2D eigenvalue weighted by molar-refractivity contribution is -0.124. The van der Waals surface area contributed by atoms with E-state index in [1.54, 1.807) is 0 Å². The minimum Gasteiger partial charge on any atom is -0.451 e. The van der Waals surface area contributed by atoms with Crippen molar-refractivity contribution in [2.24, 2.45) is 0 Å². The molecule has 1 N–H and O–H groups in total. The van der Waals surface area contributed by atoms with Gasteiger partial charge in [-0.25, -0.2) is 9.78 Å². The van der Waals surface area contributed by atoms with Gasteiger partial charge in [0.05, 0.1) is 21.1 Å². The third kappa shape index (κ3) is 4.87. The molecule has 5 nitrogen and oxygen atoms in total. The predicted molar refractivity (Wildman–Crippen MR) is 102 cm³/mol. The van der Waals surface area contributed by atoms with E-state index in [-0.39, 0.29) is 26.8 Å². The summed E-state index contributed by atoms with van der Waals surface area (Å²) in [5, 5.41) is 2.77. The van der Waals surface area contributed by atoms with Crippen LogP contribution >= 0.6 is 34.8 Å². The molecule has 0 aliphatic carbocycles. The average molecular weight is 416 g/mol. The van der Waals surface area contributed by atoms with Crippen LogP contribution in [0.1, 0.15) is 40.1 Å². The number of pyridine rings is 1. The van der Waals surface area contributed by atoms with Crippen molar-refractivity contribution < 1.29 is 14.3 Å². The van der Waals surface area contributed by atoms with Gasteiger partial charge in [-0.2, -0.15) is 0 Å². The fourth-order valence-electron chi connectivity index (χ4n) is 2.19. The first-order valence-corrected chi connectivity index (χ1v) is 8.87. The molecule has 1 amide bonds. The Morgan fingerprint density at radius 2 is 1.85 bits per heavy atom. The number of halogens is 3. The topological polar surface area (TPSA) is 68.3 Å². The fourth-order valence-corrected chi connectivity index (χ4v) is 2.74. The van der Waals surface area contributed by atoms with Gasteiger partial charge in [0.2, 0.25) is 0 Å². The lowest BCUT2D eigenvalue weighted by atomic mass is 10.0. The van der Waals surface area contributed by atoms with Crippen molar-refractivity contribution in [3.63, 3.8) is 0 Å². The zero-order valence-corrected chi connectivity index (χ0v) is 16.7. The van der Waals surface area contributed by atoms with Crippen LogP contribution in [0.15, 0.2) is 24.4 Å². The number of hydrogen-bond acceptors (Lipinski definition) is 4. The third-order valence-corrected chi connectivity index (χ3v) is 5.09. The molecule has 1 heterocycles. The lowest BCUT2D eigenvalue weighted by Gasteiger charge is -2.16.